The number of rotatable bonds is 1. The van der Waals surface area contributed by atoms with E-state index in [1.54, 1.807) is 6.08 Å². The lowest BCUT2D eigenvalue weighted by Crippen LogP contribution is -2.21. The summed E-state index contributed by atoms with van der Waals surface area (Å²) in [5.41, 5.74) is 0.833. The van der Waals surface area contributed by atoms with Crippen LogP contribution in [-0.2, 0) is 9.53 Å². The van der Waals surface area contributed by atoms with E-state index >= 15 is 0 Å². The summed E-state index contributed by atoms with van der Waals surface area (Å²) in [6, 6.07) is 5.52. The second-order valence-electron chi connectivity index (χ2n) is 5.99. The smallest absolute Gasteiger partial charge is 0.363 e. The number of ether oxygens (including phenoxy) is 3. The van der Waals surface area contributed by atoms with Crippen LogP contribution in [0.4, 0.5) is 0 Å². The maximum Gasteiger partial charge on any atom is 0.363 e. The van der Waals surface area contributed by atoms with Gasteiger partial charge in [-0.3, -0.25) is 0 Å². The van der Waals surface area contributed by atoms with Gasteiger partial charge >= 0.3 is 5.97 Å². The lowest BCUT2D eigenvalue weighted by atomic mass is 9.97. The zero-order valence-corrected chi connectivity index (χ0v) is 12.3. The zero-order chi connectivity index (χ0) is 15.0. The monoisotopic (exact) mass is 287 g/mol. The first-order valence-corrected chi connectivity index (χ1v) is 6.86. The van der Waals surface area contributed by atoms with Gasteiger partial charge in [-0.25, -0.2) is 9.79 Å². The van der Waals surface area contributed by atoms with Gasteiger partial charge in [0.25, 0.3) is 0 Å². The molecule has 2 heterocycles. The van der Waals surface area contributed by atoms with Gasteiger partial charge in [0.2, 0.25) is 5.90 Å². The molecule has 0 unspecified atom stereocenters. The molecule has 0 aliphatic carbocycles. The van der Waals surface area contributed by atoms with Gasteiger partial charge in [0.15, 0.2) is 17.2 Å². The van der Waals surface area contributed by atoms with Gasteiger partial charge in [0.1, 0.15) is 13.2 Å². The van der Waals surface area contributed by atoms with Crippen molar-refractivity contribution in [3.05, 3.63) is 29.5 Å². The molecule has 5 nitrogen and oxygen atoms in total. The van der Waals surface area contributed by atoms with E-state index in [9.17, 15) is 4.79 Å². The Morgan fingerprint density at radius 2 is 1.86 bits per heavy atom. The highest BCUT2D eigenvalue weighted by Crippen LogP contribution is 2.32. The first kappa shape index (κ1) is 13.7. The van der Waals surface area contributed by atoms with Crippen molar-refractivity contribution in [1.29, 1.82) is 0 Å². The maximum absolute atomic E-state index is 11.9. The number of fused-ring (bicyclic) bond motifs is 1. The maximum atomic E-state index is 11.9. The predicted octanol–water partition coefficient (Wildman–Crippen LogP) is 2.80. The molecule has 0 amide bonds. The van der Waals surface area contributed by atoms with Crippen LogP contribution in [-0.4, -0.2) is 25.1 Å². The average Bonchev–Trinajstić information content (AvgIpc) is 2.80. The van der Waals surface area contributed by atoms with E-state index in [2.05, 4.69) is 4.99 Å². The van der Waals surface area contributed by atoms with Crippen LogP contribution in [0.1, 0.15) is 26.3 Å². The van der Waals surface area contributed by atoms with Crippen molar-refractivity contribution in [2.75, 3.05) is 13.2 Å². The summed E-state index contributed by atoms with van der Waals surface area (Å²) in [4.78, 5) is 16.1. The number of benzene rings is 1. The summed E-state index contributed by atoms with van der Waals surface area (Å²) in [7, 11) is 0. The van der Waals surface area contributed by atoms with Gasteiger partial charge in [0.05, 0.1) is 0 Å². The van der Waals surface area contributed by atoms with Gasteiger partial charge in [-0.15, -0.1) is 0 Å². The predicted molar refractivity (Wildman–Crippen MR) is 78.4 cm³/mol. The third-order valence-electron chi connectivity index (χ3n) is 3.13. The number of hydrogen-bond acceptors (Lipinski definition) is 5. The molecule has 21 heavy (non-hydrogen) atoms. The Labute approximate surface area is 123 Å². The summed E-state index contributed by atoms with van der Waals surface area (Å²) in [5.74, 6) is 1.42. The van der Waals surface area contributed by atoms with Crippen molar-refractivity contribution in [3.8, 4) is 11.5 Å². The minimum Gasteiger partial charge on any atom is -0.486 e. The highest BCUT2D eigenvalue weighted by Gasteiger charge is 2.31. The Bertz CT molecular complexity index is 653. The van der Waals surface area contributed by atoms with Crippen molar-refractivity contribution in [2.24, 2.45) is 10.4 Å². The van der Waals surface area contributed by atoms with E-state index < -0.39 is 5.97 Å². The fourth-order valence-electron chi connectivity index (χ4n) is 2.04. The highest BCUT2D eigenvalue weighted by molar-refractivity contribution is 6.08. The van der Waals surface area contributed by atoms with E-state index in [0.717, 1.165) is 11.3 Å². The van der Waals surface area contributed by atoms with Crippen LogP contribution in [0.25, 0.3) is 6.08 Å². The Morgan fingerprint density at radius 1 is 1.14 bits per heavy atom. The SMILES string of the molecule is CC(C)(C)C1=N/C(=C/c2ccc3c(c2)OCCO3)C(=O)O1. The molecule has 1 aromatic carbocycles. The minimum absolute atomic E-state index is 0.294. The largest absolute Gasteiger partial charge is 0.486 e. The molecule has 0 saturated carbocycles. The minimum atomic E-state index is -0.421. The lowest BCUT2D eigenvalue weighted by Gasteiger charge is -2.18. The van der Waals surface area contributed by atoms with E-state index in [1.807, 2.05) is 39.0 Å². The topological polar surface area (TPSA) is 57.1 Å². The Kier molecular flexibility index (Phi) is 3.20. The molecule has 0 fully saturated rings. The lowest BCUT2D eigenvalue weighted by molar-refractivity contribution is -0.130. The molecule has 0 saturated heterocycles. The number of carbonyl (C=O) groups excluding carboxylic acids is 1. The van der Waals surface area contributed by atoms with Crippen LogP contribution in [0, 0.1) is 5.41 Å². The van der Waals surface area contributed by atoms with Crippen molar-refractivity contribution >= 4 is 17.9 Å². The Morgan fingerprint density at radius 3 is 2.52 bits per heavy atom. The quantitative estimate of drug-likeness (QED) is 0.588. The number of cyclic esters (lactones) is 1. The van der Waals surface area contributed by atoms with E-state index in [0.29, 0.717) is 30.6 Å². The van der Waals surface area contributed by atoms with Gasteiger partial charge in [-0.2, -0.15) is 0 Å². The summed E-state index contributed by atoms with van der Waals surface area (Å²) in [5, 5.41) is 0. The molecule has 5 heteroatoms. The fourth-order valence-corrected chi connectivity index (χ4v) is 2.04. The molecule has 110 valence electrons. The average molecular weight is 287 g/mol. The molecule has 0 aromatic heterocycles. The van der Waals surface area contributed by atoms with Crippen LogP contribution >= 0.6 is 0 Å². The molecule has 0 atom stereocenters. The summed E-state index contributed by atoms with van der Waals surface area (Å²) in [6.45, 7) is 6.94. The number of carbonyl (C=O) groups is 1. The van der Waals surface area contributed by atoms with Crippen LogP contribution < -0.4 is 9.47 Å². The number of nitrogens with zero attached hydrogens (tertiary/aromatic N) is 1. The summed E-state index contributed by atoms with van der Waals surface area (Å²) in [6.07, 6.45) is 1.69. The van der Waals surface area contributed by atoms with Gasteiger partial charge in [-0.05, 0) is 23.8 Å². The standard InChI is InChI=1S/C16H17NO4/c1-16(2,3)15-17-11(14(18)21-15)8-10-4-5-12-13(9-10)20-7-6-19-12/h4-5,8-9H,6-7H2,1-3H3/b11-8+. The van der Waals surface area contributed by atoms with Crippen molar-refractivity contribution in [1.82, 2.24) is 0 Å². The molecule has 0 spiro atoms. The van der Waals surface area contributed by atoms with Gasteiger partial charge < -0.3 is 14.2 Å². The van der Waals surface area contributed by atoms with Gasteiger partial charge in [0, 0.05) is 5.41 Å². The number of esters is 1. The summed E-state index contributed by atoms with van der Waals surface area (Å²) >= 11 is 0. The number of hydrogen-bond donors (Lipinski definition) is 0. The Balaban J connectivity index is 1.91. The van der Waals surface area contributed by atoms with E-state index in [1.165, 1.54) is 0 Å². The number of aliphatic imine (C=N–C) groups is 1. The molecular weight excluding hydrogens is 270 g/mol. The van der Waals surface area contributed by atoms with Gasteiger partial charge in [-0.1, -0.05) is 26.8 Å². The van der Waals surface area contributed by atoms with Crippen LogP contribution in [0.3, 0.4) is 0 Å². The Hall–Kier alpha value is -2.30. The summed E-state index contributed by atoms with van der Waals surface area (Å²) < 4.78 is 16.2. The molecule has 0 bridgehead atoms. The third kappa shape index (κ3) is 2.77. The van der Waals surface area contributed by atoms with E-state index in [-0.39, 0.29) is 5.41 Å². The van der Waals surface area contributed by atoms with Crippen molar-refractivity contribution < 1.29 is 19.0 Å². The first-order chi connectivity index (χ1) is 9.93. The fraction of sp³-hybridized carbons (Fsp3) is 0.375. The van der Waals surface area contributed by atoms with Crippen LogP contribution in [0.15, 0.2) is 28.9 Å². The molecule has 2 aliphatic rings. The second-order valence-corrected chi connectivity index (χ2v) is 5.99. The molecule has 0 N–H and O–H groups in total. The van der Waals surface area contributed by atoms with Crippen molar-refractivity contribution in [2.45, 2.75) is 20.8 Å². The molecular formula is C16H17NO4. The van der Waals surface area contributed by atoms with Crippen LogP contribution in [0.2, 0.25) is 0 Å². The molecule has 2 aliphatic heterocycles. The molecule has 3 rings (SSSR count). The van der Waals surface area contributed by atoms with Crippen LogP contribution in [0.5, 0.6) is 11.5 Å². The molecule has 1 aromatic rings. The van der Waals surface area contributed by atoms with E-state index in [4.69, 9.17) is 14.2 Å². The second kappa shape index (κ2) is 4.91. The molecule has 0 radical (unpaired) electrons. The highest BCUT2D eigenvalue weighted by atomic mass is 16.6. The van der Waals surface area contributed by atoms with Crippen molar-refractivity contribution in [3.63, 3.8) is 0 Å². The normalized spacial score (nSPS) is 19.5. The third-order valence-corrected chi connectivity index (χ3v) is 3.13. The first-order valence-electron chi connectivity index (χ1n) is 6.86. The zero-order valence-electron chi connectivity index (χ0n) is 12.3.